The fourth-order valence-corrected chi connectivity index (χ4v) is 5.05. The number of aromatic nitrogens is 5. The number of nitrogens with zero attached hydrogens (tertiary/aromatic N) is 7. The molecule has 39 heavy (non-hydrogen) atoms. The van der Waals surface area contributed by atoms with Crippen molar-refractivity contribution in [3.8, 4) is 16.9 Å². The number of rotatable bonds is 9. The van der Waals surface area contributed by atoms with E-state index >= 15 is 0 Å². The lowest BCUT2D eigenvalue weighted by molar-refractivity contribution is -0.123. The molecule has 0 radical (unpaired) electrons. The fraction of sp³-hybridized carbons (Fsp3) is 0.440. The number of amides is 1. The number of sulfonamides is 1. The van der Waals surface area contributed by atoms with Gasteiger partial charge in [-0.2, -0.15) is 5.10 Å². The van der Waals surface area contributed by atoms with Crippen molar-refractivity contribution in [1.29, 1.82) is 0 Å². The number of primary amides is 1. The number of aryl methyl sites for hydroxylation is 1. The molecule has 13 nitrogen and oxygen atoms in total. The Morgan fingerprint density at radius 3 is 2.56 bits per heavy atom. The van der Waals surface area contributed by atoms with Gasteiger partial charge in [0, 0.05) is 43.6 Å². The first-order valence-electron chi connectivity index (χ1n) is 12.4. The van der Waals surface area contributed by atoms with Crippen molar-refractivity contribution >= 4 is 27.6 Å². The second-order valence-corrected chi connectivity index (χ2v) is 12.0. The Bertz CT molecular complexity index is 1520. The average molecular weight is 553 g/mol. The Morgan fingerprint density at radius 1 is 1.23 bits per heavy atom. The van der Waals surface area contributed by atoms with E-state index < -0.39 is 21.5 Å². The van der Waals surface area contributed by atoms with Gasteiger partial charge >= 0.3 is 0 Å². The highest BCUT2D eigenvalue weighted by Gasteiger charge is 2.26. The monoisotopic (exact) mass is 552 g/mol. The maximum Gasteiger partial charge on any atom is 0.237 e. The third-order valence-electron chi connectivity index (χ3n) is 6.69. The van der Waals surface area contributed by atoms with Crippen LogP contribution in [0.1, 0.15) is 38.1 Å². The quantitative estimate of drug-likeness (QED) is 0.335. The number of piperidine rings is 1. The van der Waals surface area contributed by atoms with Gasteiger partial charge in [-0.3, -0.25) is 15.1 Å². The standard InChI is InChI=1S/C25H32N10O3S/c1-16-21(7-6-19(31-16)13-29-25(2,3)23(26)36)35-15-17(12-30-35)22-20(27-4)14-28-24(33-22)32-18-8-10-34(11-9-18)39(5,37)38/h6-7,12,14-15,18,29H,8-11,13H2,1-3,5H3,(H2,26,36)(H,28,32,33). The predicted octanol–water partition coefficient (Wildman–Crippen LogP) is 1.77. The molecule has 0 unspecified atom stereocenters. The van der Waals surface area contributed by atoms with Crippen molar-refractivity contribution < 1.29 is 13.2 Å². The summed E-state index contributed by atoms with van der Waals surface area (Å²) in [6, 6.07) is 3.76. The van der Waals surface area contributed by atoms with Crippen molar-refractivity contribution in [2.45, 2.75) is 51.7 Å². The van der Waals surface area contributed by atoms with E-state index in [-0.39, 0.29) is 6.04 Å². The van der Waals surface area contributed by atoms with Crippen LogP contribution in [0.25, 0.3) is 21.8 Å². The fourth-order valence-electron chi connectivity index (χ4n) is 4.18. The van der Waals surface area contributed by atoms with Crippen LogP contribution in [0, 0.1) is 13.5 Å². The first kappa shape index (κ1) is 28.1. The number of hydrogen-bond donors (Lipinski definition) is 3. The van der Waals surface area contributed by atoms with E-state index in [2.05, 4.69) is 35.5 Å². The molecule has 0 spiro atoms. The summed E-state index contributed by atoms with van der Waals surface area (Å²) in [5, 5.41) is 10.9. The lowest BCUT2D eigenvalue weighted by atomic mass is 10.1. The molecule has 0 aliphatic carbocycles. The number of carbonyl (C=O) groups excluding carboxylic acids is 1. The van der Waals surface area contributed by atoms with Gasteiger partial charge in [0.2, 0.25) is 27.6 Å². The minimum Gasteiger partial charge on any atom is -0.368 e. The summed E-state index contributed by atoms with van der Waals surface area (Å²) >= 11 is 0. The Balaban J connectivity index is 1.50. The molecule has 14 heteroatoms. The van der Waals surface area contributed by atoms with E-state index in [0.717, 1.165) is 17.1 Å². The topological polar surface area (TPSA) is 165 Å². The van der Waals surface area contributed by atoms with Crippen LogP contribution in [0.4, 0.5) is 11.6 Å². The van der Waals surface area contributed by atoms with Gasteiger partial charge in [-0.25, -0.2) is 32.2 Å². The van der Waals surface area contributed by atoms with Crippen molar-refractivity contribution in [2.75, 3.05) is 24.7 Å². The molecule has 206 valence electrons. The number of carbonyl (C=O) groups is 1. The summed E-state index contributed by atoms with van der Waals surface area (Å²) in [4.78, 5) is 28.6. The molecule has 0 aromatic carbocycles. The molecule has 4 heterocycles. The maximum atomic E-state index is 11.8. The largest absolute Gasteiger partial charge is 0.368 e. The minimum absolute atomic E-state index is 0.0210. The van der Waals surface area contributed by atoms with Gasteiger partial charge in [0.1, 0.15) is 0 Å². The van der Waals surface area contributed by atoms with E-state index in [9.17, 15) is 13.2 Å². The average Bonchev–Trinajstić information content (AvgIpc) is 3.37. The van der Waals surface area contributed by atoms with Crippen LogP contribution in [-0.2, 0) is 21.4 Å². The molecule has 0 saturated carbocycles. The zero-order valence-corrected chi connectivity index (χ0v) is 23.2. The normalized spacial score (nSPS) is 15.2. The van der Waals surface area contributed by atoms with Gasteiger partial charge in [-0.15, -0.1) is 0 Å². The second-order valence-electron chi connectivity index (χ2n) is 10.0. The van der Waals surface area contributed by atoms with Crippen molar-refractivity contribution in [3.05, 3.63) is 53.5 Å². The summed E-state index contributed by atoms with van der Waals surface area (Å²) in [5.74, 6) is -0.0735. The van der Waals surface area contributed by atoms with Crippen molar-refractivity contribution in [3.63, 3.8) is 0 Å². The molecule has 1 saturated heterocycles. The maximum absolute atomic E-state index is 11.8. The highest BCUT2D eigenvalue weighted by molar-refractivity contribution is 7.88. The van der Waals surface area contributed by atoms with Crippen LogP contribution < -0.4 is 16.4 Å². The van der Waals surface area contributed by atoms with Crippen LogP contribution in [0.15, 0.2) is 30.7 Å². The van der Waals surface area contributed by atoms with Gasteiger partial charge in [-0.1, -0.05) is 0 Å². The van der Waals surface area contributed by atoms with E-state index in [0.29, 0.717) is 55.4 Å². The molecule has 1 aliphatic rings. The van der Waals surface area contributed by atoms with Crippen LogP contribution in [0.2, 0.25) is 0 Å². The zero-order chi connectivity index (χ0) is 28.4. The Morgan fingerprint density at radius 2 is 1.95 bits per heavy atom. The van der Waals surface area contributed by atoms with Crippen LogP contribution in [0.3, 0.4) is 0 Å². The smallest absolute Gasteiger partial charge is 0.237 e. The molecule has 1 aliphatic heterocycles. The Kier molecular flexibility index (Phi) is 7.96. The number of nitrogens with two attached hydrogens (primary N) is 1. The summed E-state index contributed by atoms with van der Waals surface area (Å²) in [7, 11) is -3.20. The van der Waals surface area contributed by atoms with Crippen LogP contribution in [-0.4, -0.2) is 74.3 Å². The summed E-state index contributed by atoms with van der Waals surface area (Å²) < 4.78 is 26.7. The Labute approximate surface area is 227 Å². The van der Waals surface area contributed by atoms with E-state index in [1.54, 1.807) is 30.9 Å². The van der Waals surface area contributed by atoms with Gasteiger partial charge in [-0.05, 0) is 45.7 Å². The van der Waals surface area contributed by atoms with Crippen LogP contribution >= 0.6 is 0 Å². The summed E-state index contributed by atoms with van der Waals surface area (Å²) in [5.41, 5.74) is 8.19. The van der Waals surface area contributed by atoms with Crippen molar-refractivity contribution in [2.24, 2.45) is 5.73 Å². The minimum atomic E-state index is -3.20. The molecule has 0 bridgehead atoms. The van der Waals surface area contributed by atoms with Gasteiger partial charge in [0.05, 0.1) is 47.3 Å². The zero-order valence-electron chi connectivity index (χ0n) is 22.3. The summed E-state index contributed by atoms with van der Waals surface area (Å²) in [6.45, 7) is 14.1. The first-order chi connectivity index (χ1) is 18.4. The SMILES string of the molecule is [C-]#[N+]c1cnc(NC2CCN(S(C)(=O)=O)CC2)nc1-c1cnn(-c2ccc(CNC(C)(C)C(N)=O)nc2C)c1. The molecule has 3 aromatic rings. The molecular formula is C25H32N10O3S. The molecule has 4 rings (SSSR count). The molecule has 1 amide bonds. The third kappa shape index (κ3) is 6.56. The van der Waals surface area contributed by atoms with E-state index in [4.69, 9.17) is 12.3 Å². The van der Waals surface area contributed by atoms with E-state index in [1.807, 2.05) is 19.1 Å². The predicted molar refractivity (Wildman–Crippen MR) is 147 cm³/mol. The molecule has 1 fully saturated rings. The number of nitrogens with one attached hydrogen (secondary N) is 2. The lowest BCUT2D eigenvalue weighted by Crippen LogP contribution is -2.50. The summed E-state index contributed by atoms with van der Waals surface area (Å²) in [6.07, 6.45) is 7.37. The number of hydrogen-bond acceptors (Lipinski definition) is 9. The number of pyridine rings is 1. The molecule has 0 atom stereocenters. The second kappa shape index (κ2) is 11.0. The molecule has 4 N–H and O–H groups in total. The lowest BCUT2D eigenvalue weighted by Gasteiger charge is -2.30. The highest BCUT2D eigenvalue weighted by Crippen LogP contribution is 2.30. The highest BCUT2D eigenvalue weighted by atomic mass is 32.2. The number of anilines is 1. The molecular weight excluding hydrogens is 520 g/mol. The van der Waals surface area contributed by atoms with Crippen molar-refractivity contribution in [1.82, 2.24) is 34.4 Å². The van der Waals surface area contributed by atoms with Gasteiger partial charge in [0.25, 0.3) is 0 Å². The van der Waals surface area contributed by atoms with Gasteiger partial charge in [0.15, 0.2) is 0 Å². The van der Waals surface area contributed by atoms with E-state index in [1.165, 1.54) is 16.8 Å². The first-order valence-corrected chi connectivity index (χ1v) is 14.3. The van der Waals surface area contributed by atoms with Crippen LogP contribution in [0.5, 0.6) is 0 Å². The van der Waals surface area contributed by atoms with Gasteiger partial charge < -0.3 is 11.1 Å². The third-order valence-corrected chi connectivity index (χ3v) is 8.00. The Hall–Kier alpha value is -3.93. The molecule has 3 aromatic heterocycles.